The largest absolute Gasteiger partial charge is 0.393 e. The van der Waals surface area contributed by atoms with Crippen LogP contribution >= 0.6 is 11.8 Å². The highest BCUT2D eigenvalue weighted by atomic mass is 32.2. The van der Waals surface area contributed by atoms with Crippen LogP contribution in [0.25, 0.3) is 0 Å². The normalized spacial score (nSPS) is 16.5. The van der Waals surface area contributed by atoms with Crippen LogP contribution in [-0.2, 0) is 9.59 Å². The Morgan fingerprint density at radius 3 is 2.33 bits per heavy atom. The Morgan fingerprint density at radius 2 is 1.75 bits per heavy atom. The summed E-state index contributed by atoms with van der Waals surface area (Å²) in [5.41, 5.74) is 0. The molecular weight excluding hydrogens is 320 g/mol. The Morgan fingerprint density at radius 1 is 1.12 bits per heavy atom. The van der Waals surface area contributed by atoms with Crippen molar-refractivity contribution in [3.63, 3.8) is 0 Å². The van der Waals surface area contributed by atoms with Crippen LogP contribution in [0.15, 0.2) is 47.4 Å². The highest BCUT2D eigenvalue weighted by Crippen LogP contribution is 2.25. The van der Waals surface area contributed by atoms with Gasteiger partial charge < -0.3 is 5.11 Å². The number of rotatable bonds is 9. The van der Waals surface area contributed by atoms with Crippen molar-refractivity contribution in [1.82, 2.24) is 0 Å². The lowest BCUT2D eigenvalue weighted by molar-refractivity contribution is -0.119. The Balaban J connectivity index is 2.50. The van der Waals surface area contributed by atoms with Gasteiger partial charge in [0.15, 0.2) is 10.9 Å². The van der Waals surface area contributed by atoms with Crippen molar-refractivity contribution >= 4 is 22.7 Å². The van der Waals surface area contributed by atoms with Crippen LogP contribution in [0, 0.1) is 17.8 Å². The molecular formula is C20H28O3S. The van der Waals surface area contributed by atoms with E-state index in [1.165, 1.54) is 11.8 Å². The van der Waals surface area contributed by atoms with Gasteiger partial charge in [-0.1, -0.05) is 63.7 Å². The summed E-state index contributed by atoms with van der Waals surface area (Å²) in [6.45, 7) is 7.53. The van der Waals surface area contributed by atoms with Crippen molar-refractivity contribution in [2.24, 2.45) is 17.8 Å². The molecule has 0 amide bonds. The molecule has 1 aromatic carbocycles. The minimum absolute atomic E-state index is 0.00881. The van der Waals surface area contributed by atoms with Crippen LogP contribution in [-0.4, -0.2) is 22.1 Å². The number of carbonyl (C=O) groups is 2. The smallest absolute Gasteiger partial charge is 0.196 e. The fraction of sp³-hybridized carbons (Fsp3) is 0.500. The van der Waals surface area contributed by atoms with Crippen molar-refractivity contribution in [3.8, 4) is 0 Å². The molecule has 0 spiro atoms. The van der Waals surface area contributed by atoms with Crippen molar-refractivity contribution in [2.75, 3.05) is 0 Å². The Hall–Kier alpha value is -1.39. The number of aliphatic hydroxyl groups excluding tert-OH is 1. The monoisotopic (exact) mass is 348 g/mol. The molecule has 0 heterocycles. The predicted octanol–water partition coefficient (Wildman–Crippen LogP) is 4.50. The number of benzene rings is 1. The zero-order chi connectivity index (χ0) is 18.1. The molecule has 1 aromatic rings. The lowest BCUT2D eigenvalue weighted by Crippen LogP contribution is -2.18. The van der Waals surface area contributed by atoms with E-state index in [9.17, 15) is 14.7 Å². The number of aliphatic hydroxyl groups is 1. The molecule has 0 bridgehead atoms. The fourth-order valence-electron chi connectivity index (χ4n) is 2.36. The molecule has 0 radical (unpaired) electrons. The molecule has 3 nitrogen and oxygen atoms in total. The first-order chi connectivity index (χ1) is 11.3. The van der Waals surface area contributed by atoms with Gasteiger partial charge in [-0.05, 0) is 31.1 Å². The first-order valence-electron chi connectivity index (χ1n) is 8.52. The van der Waals surface area contributed by atoms with E-state index < -0.39 is 6.10 Å². The number of carbonyl (C=O) groups excluding carboxylic acids is 2. The van der Waals surface area contributed by atoms with Gasteiger partial charge in [0.2, 0.25) is 0 Å². The van der Waals surface area contributed by atoms with E-state index in [1.807, 2.05) is 58.0 Å². The van der Waals surface area contributed by atoms with Gasteiger partial charge in [0.05, 0.1) is 6.10 Å². The summed E-state index contributed by atoms with van der Waals surface area (Å²) < 4.78 is 0. The van der Waals surface area contributed by atoms with Crippen LogP contribution < -0.4 is 0 Å². The molecule has 0 saturated carbocycles. The second-order valence-corrected chi connectivity index (χ2v) is 7.45. The lowest BCUT2D eigenvalue weighted by Gasteiger charge is -2.15. The van der Waals surface area contributed by atoms with E-state index in [0.29, 0.717) is 12.8 Å². The molecule has 1 N–H and O–H groups in total. The number of thioether (sulfide) groups is 1. The highest BCUT2D eigenvalue weighted by molar-refractivity contribution is 8.13. The number of hydrogen-bond donors (Lipinski definition) is 1. The third-order valence-electron chi connectivity index (χ3n) is 4.15. The number of ketones is 1. The van der Waals surface area contributed by atoms with E-state index in [4.69, 9.17) is 0 Å². The molecule has 24 heavy (non-hydrogen) atoms. The van der Waals surface area contributed by atoms with E-state index >= 15 is 0 Å². The quantitative estimate of drug-likeness (QED) is 0.527. The molecule has 0 saturated heterocycles. The van der Waals surface area contributed by atoms with Gasteiger partial charge in [0.1, 0.15) is 0 Å². The number of allylic oxidation sites excluding steroid dienone is 1. The van der Waals surface area contributed by atoms with Crippen LogP contribution in [0.1, 0.15) is 40.5 Å². The summed E-state index contributed by atoms with van der Waals surface area (Å²) in [6, 6.07) is 9.55. The maximum absolute atomic E-state index is 12.3. The van der Waals surface area contributed by atoms with Gasteiger partial charge in [0, 0.05) is 22.6 Å². The third kappa shape index (κ3) is 7.02. The van der Waals surface area contributed by atoms with Gasteiger partial charge in [-0.15, -0.1) is 0 Å². The average Bonchev–Trinajstić information content (AvgIpc) is 2.59. The second-order valence-electron chi connectivity index (χ2n) is 6.37. The van der Waals surface area contributed by atoms with Gasteiger partial charge >= 0.3 is 0 Å². The molecule has 0 fully saturated rings. The molecule has 0 aromatic heterocycles. The fourth-order valence-corrected chi connectivity index (χ4v) is 3.18. The summed E-state index contributed by atoms with van der Waals surface area (Å²) in [7, 11) is 0. The molecule has 4 heteroatoms. The Bertz CT molecular complexity index is 553. The van der Waals surface area contributed by atoms with Gasteiger partial charge in [-0.2, -0.15) is 0 Å². The Kier molecular flexibility index (Phi) is 9.01. The van der Waals surface area contributed by atoms with Crippen LogP contribution in [0.3, 0.4) is 0 Å². The van der Waals surface area contributed by atoms with Crippen molar-refractivity contribution in [3.05, 3.63) is 42.5 Å². The summed E-state index contributed by atoms with van der Waals surface area (Å²) in [5, 5.41) is 9.81. The topological polar surface area (TPSA) is 54.4 Å². The van der Waals surface area contributed by atoms with Crippen molar-refractivity contribution in [2.45, 2.75) is 51.5 Å². The summed E-state index contributed by atoms with van der Waals surface area (Å²) in [6.07, 6.45) is 4.09. The van der Waals surface area contributed by atoms with Gasteiger partial charge in [0.25, 0.3) is 0 Å². The summed E-state index contributed by atoms with van der Waals surface area (Å²) in [4.78, 5) is 25.4. The zero-order valence-electron chi connectivity index (χ0n) is 14.9. The standard InChI is InChI=1S/C20H28O3S/c1-5-18(21)14(2)11-12-19(22)15(3)13-16(4)20(23)24-17-9-7-6-8-10-17/h6-12,14-16,18,21H,5,13H2,1-4H3/b12-11+/t14-,15-,16+,18-/m1/s1. The lowest BCUT2D eigenvalue weighted by atomic mass is 9.93. The van der Waals surface area contributed by atoms with E-state index in [-0.39, 0.29) is 28.7 Å². The molecule has 0 aliphatic heterocycles. The maximum Gasteiger partial charge on any atom is 0.196 e. The first kappa shape index (κ1) is 20.7. The molecule has 4 atom stereocenters. The van der Waals surface area contributed by atoms with Crippen LogP contribution in [0.5, 0.6) is 0 Å². The average molecular weight is 349 g/mol. The van der Waals surface area contributed by atoms with Gasteiger partial charge in [-0.25, -0.2) is 0 Å². The predicted molar refractivity (Wildman–Crippen MR) is 99.9 cm³/mol. The van der Waals surface area contributed by atoms with Crippen molar-refractivity contribution < 1.29 is 14.7 Å². The van der Waals surface area contributed by atoms with Gasteiger partial charge in [-0.3, -0.25) is 9.59 Å². The SMILES string of the molecule is CC[C@@H](O)[C@H](C)/C=C/C(=O)[C@H](C)C[C@H](C)C(=O)Sc1ccccc1. The molecule has 0 unspecified atom stereocenters. The van der Waals surface area contributed by atoms with Crippen LogP contribution in [0.4, 0.5) is 0 Å². The Labute approximate surface area is 149 Å². The third-order valence-corrected chi connectivity index (χ3v) is 5.26. The molecule has 1 rings (SSSR count). The molecule has 0 aliphatic rings. The number of hydrogen-bond acceptors (Lipinski definition) is 4. The molecule has 132 valence electrons. The zero-order valence-corrected chi connectivity index (χ0v) is 15.8. The van der Waals surface area contributed by atoms with Crippen LogP contribution in [0.2, 0.25) is 0 Å². The van der Waals surface area contributed by atoms with E-state index in [0.717, 1.165) is 4.90 Å². The minimum atomic E-state index is -0.424. The van der Waals surface area contributed by atoms with Crippen molar-refractivity contribution in [1.29, 1.82) is 0 Å². The summed E-state index contributed by atoms with van der Waals surface area (Å²) >= 11 is 1.23. The maximum atomic E-state index is 12.3. The summed E-state index contributed by atoms with van der Waals surface area (Å²) in [5.74, 6) is -0.419. The first-order valence-corrected chi connectivity index (χ1v) is 9.33. The minimum Gasteiger partial charge on any atom is -0.393 e. The highest BCUT2D eigenvalue weighted by Gasteiger charge is 2.21. The van der Waals surface area contributed by atoms with E-state index in [1.54, 1.807) is 12.2 Å². The van der Waals surface area contributed by atoms with E-state index in [2.05, 4.69) is 0 Å². The molecule has 0 aliphatic carbocycles. The second kappa shape index (κ2) is 10.5.